The van der Waals surface area contributed by atoms with Gasteiger partial charge in [0.05, 0.1) is 0 Å². The Morgan fingerprint density at radius 1 is 1.38 bits per heavy atom. The lowest BCUT2D eigenvalue weighted by atomic mass is 10.1. The zero-order chi connectivity index (χ0) is 11.5. The molecule has 0 atom stereocenters. The highest BCUT2D eigenvalue weighted by atomic mass is 19.1. The Morgan fingerprint density at radius 2 is 2.06 bits per heavy atom. The Morgan fingerprint density at radius 3 is 2.69 bits per heavy atom. The van der Waals surface area contributed by atoms with Crippen LogP contribution in [0.4, 0.5) is 4.39 Å². The van der Waals surface area contributed by atoms with Gasteiger partial charge in [-0.1, -0.05) is 6.07 Å². The van der Waals surface area contributed by atoms with Crippen molar-refractivity contribution < 1.29 is 14.3 Å². The second-order valence-corrected chi connectivity index (χ2v) is 3.68. The molecule has 5 heteroatoms. The van der Waals surface area contributed by atoms with Crippen LogP contribution in [0.15, 0.2) is 18.2 Å². The number of benzene rings is 1. The molecular weight excluding hydrogens is 211 g/mol. The molecule has 1 aliphatic rings. The molecule has 0 bridgehead atoms. The second kappa shape index (κ2) is 4.49. The fourth-order valence-electron chi connectivity index (χ4n) is 1.75. The van der Waals surface area contributed by atoms with Crippen molar-refractivity contribution in [3.8, 4) is 5.75 Å². The number of carbonyl (C=O) groups excluding carboxylic acids is 1. The van der Waals surface area contributed by atoms with Crippen LogP contribution in [0.5, 0.6) is 5.75 Å². The number of nitrogens with one attached hydrogen (secondary N) is 1. The highest BCUT2D eigenvalue weighted by molar-refractivity contribution is 5.97. The normalized spacial score (nSPS) is 16.2. The molecule has 1 aromatic rings. The molecule has 1 saturated heterocycles. The van der Waals surface area contributed by atoms with Gasteiger partial charge in [-0.15, -0.1) is 0 Å². The molecule has 0 saturated carbocycles. The molecule has 86 valence electrons. The number of aromatic hydroxyl groups is 1. The first-order valence-electron chi connectivity index (χ1n) is 5.17. The maximum atomic E-state index is 13.4. The summed E-state index contributed by atoms with van der Waals surface area (Å²) in [6.07, 6.45) is 0. The fraction of sp³-hybridized carbons (Fsp3) is 0.364. The van der Waals surface area contributed by atoms with E-state index in [9.17, 15) is 14.3 Å². The van der Waals surface area contributed by atoms with Crippen molar-refractivity contribution in [1.82, 2.24) is 10.2 Å². The minimum Gasteiger partial charge on any atom is -0.507 e. The van der Waals surface area contributed by atoms with Crippen LogP contribution in [0.2, 0.25) is 0 Å². The first kappa shape index (κ1) is 10.9. The van der Waals surface area contributed by atoms with Crippen LogP contribution in [0.1, 0.15) is 10.4 Å². The van der Waals surface area contributed by atoms with Crippen molar-refractivity contribution in [2.75, 3.05) is 26.2 Å². The van der Waals surface area contributed by atoms with Crippen LogP contribution >= 0.6 is 0 Å². The number of phenolic OH excluding ortho intramolecular Hbond substituents is 1. The first-order valence-corrected chi connectivity index (χ1v) is 5.17. The average Bonchev–Trinajstić information content (AvgIpc) is 2.30. The predicted octanol–water partition coefficient (Wildman–Crippen LogP) is 0.577. The number of amides is 1. The summed E-state index contributed by atoms with van der Waals surface area (Å²) in [4.78, 5) is 13.5. The largest absolute Gasteiger partial charge is 0.507 e. The van der Waals surface area contributed by atoms with Gasteiger partial charge >= 0.3 is 0 Å². The van der Waals surface area contributed by atoms with E-state index in [1.165, 1.54) is 23.1 Å². The number of hydrogen-bond donors (Lipinski definition) is 2. The zero-order valence-electron chi connectivity index (χ0n) is 8.74. The van der Waals surface area contributed by atoms with Crippen LogP contribution in [0.3, 0.4) is 0 Å². The lowest BCUT2D eigenvalue weighted by Crippen LogP contribution is -2.46. The summed E-state index contributed by atoms with van der Waals surface area (Å²) in [6, 6.07) is 3.87. The molecule has 1 aromatic carbocycles. The molecule has 1 fully saturated rings. The molecule has 1 aliphatic heterocycles. The molecule has 0 aromatic heterocycles. The summed E-state index contributed by atoms with van der Waals surface area (Å²) >= 11 is 0. The van der Waals surface area contributed by atoms with Gasteiger partial charge < -0.3 is 15.3 Å². The molecule has 2 N–H and O–H groups in total. The van der Waals surface area contributed by atoms with Gasteiger partial charge in [-0.25, -0.2) is 4.39 Å². The number of halogens is 1. The minimum atomic E-state index is -0.677. The predicted molar refractivity (Wildman–Crippen MR) is 56.8 cm³/mol. The van der Waals surface area contributed by atoms with Crippen LogP contribution in [0, 0.1) is 5.82 Å². The van der Waals surface area contributed by atoms with Gasteiger partial charge in [0.25, 0.3) is 5.91 Å². The van der Waals surface area contributed by atoms with Gasteiger partial charge in [0, 0.05) is 26.2 Å². The Kier molecular flexibility index (Phi) is 3.05. The number of nitrogens with zero attached hydrogens (tertiary/aromatic N) is 1. The molecule has 0 radical (unpaired) electrons. The summed E-state index contributed by atoms with van der Waals surface area (Å²) < 4.78 is 13.4. The molecule has 1 heterocycles. The lowest BCUT2D eigenvalue weighted by Gasteiger charge is -2.27. The van der Waals surface area contributed by atoms with E-state index in [-0.39, 0.29) is 11.3 Å². The molecule has 16 heavy (non-hydrogen) atoms. The Balaban J connectivity index is 2.26. The van der Waals surface area contributed by atoms with E-state index in [0.717, 1.165) is 0 Å². The SMILES string of the molecule is O=C(c1c(O)cccc1F)N1CCNCC1. The summed E-state index contributed by atoms with van der Waals surface area (Å²) in [6.45, 7) is 2.46. The van der Waals surface area contributed by atoms with E-state index in [1.54, 1.807) is 0 Å². The third-order valence-corrected chi connectivity index (χ3v) is 2.61. The van der Waals surface area contributed by atoms with Crippen LogP contribution in [-0.4, -0.2) is 42.1 Å². The van der Waals surface area contributed by atoms with Crippen LogP contribution in [-0.2, 0) is 0 Å². The maximum Gasteiger partial charge on any atom is 0.260 e. The molecule has 4 nitrogen and oxygen atoms in total. The van der Waals surface area contributed by atoms with Gasteiger partial charge in [-0.05, 0) is 12.1 Å². The van der Waals surface area contributed by atoms with E-state index in [4.69, 9.17) is 0 Å². The third kappa shape index (κ3) is 1.99. The Hall–Kier alpha value is -1.62. The summed E-state index contributed by atoms with van der Waals surface area (Å²) in [5.41, 5.74) is -0.232. The van der Waals surface area contributed by atoms with Gasteiger partial charge in [-0.2, -0.15) is 0 Å². The van der Waals surface area contributed by atoms with Crippen molar-refractivity contribution in [2.24, 2.45) is 0 Å². The third-order valence-electron chi connectivity index (χ3n) is 2.61. The standard InChI is InChI=1S/C11H13FN2O2/c12-8-2-1-3-9(15)10(8)11(16)14-6-4-13-5-7-14/h1-3,13,15H,4-7H2. The van der Waals surface area contributed by atoms with Gasteiger partial charge in [-0.3, -0.25) is 4.79 Å². The first-order chi connectivity index (χ1) is 7.70. The van der Waals surface area contributed by atoms with Crippen LogP contribution < -0.4 is 5.32 Å². The van der Waals surface area contributed by atoms with Crippen molar-refractivity contribution in [3.63, 3.8) is 0 Å². The van der Waals surface area contributed by atoms with E-state index in [2.05, 4.69) is 5.32 Å². The van der Waals surface area contributed by atoms with E-state index in [0.29, 0.717) is 26.2 Å². The topological polar surface area (TPSA) is 52.6 Å². The molecule has 2 rings (SSSR count). The second-order valence-electron chi connectivity index (χ2n) is 3.68. The van der Waals surface area contributed by atoms with Gasteiger partial charge in [0.1, 0.15) is 17.1 Å². The monoisotopic (exact) mass is 224 g/mol. The van der Waals surface area contributed by atoms with Gasteiger partial charge in [0.15, 0.2) is 0 Å². The van der Waals surface area contributed by atoms with Crippen molar-refractivity contribution in [2.45, 2.75) is 0 Å². The number of phenols is 1. The summed E-state index contributed by atoms with van der Waals surface area (Å²) in [5.74, 6) is -1.43. The van der Waals surface area contributed by atoms with Crippen molar-refractivity contribution in [3.05, 3.63) is 29.6 Å². The number of carbonyl (C=O) groups is 1. The molecule has 1 amide bonds. The average molecular weight is 224 g/mol. The summed E-state index contributed by atoms with van der Waals surface area (Å²) in [5, 5.41) is 12.6. The maximum absolute atomic E-state index is 13.4. The number of rotatable bonds is 1. The molecule has 0 aliphatic carbocycles. The van der Waals surface area contributed by atoms with Crippen molar-refractivity contribution in [1.29, 1.82) is 0 Å². The number of hydrogen-bond acceptors (Lipinski definition) is 3. The van der Waals surface area contributed by atoms with Gasteiger partial charge in [0.2, 0.25) is 0 Å². The molecule has 0 unspecified atom stereocenters. The van der Waals surface area contributed by atoms with E-state index < -0.39 is 11.7 Å². The Bertz CT molecular complexity index is 383. The quantitative estimate of drug-likeness (QED) is 0.733. The van der Waals surface area contributed by atoms with E-state index >= 15 is 0 Å². The van der Waals surface area contributed by atoms with Crippen LogP contribution in [0.25, 0.3) is 0 Å². The minimum absolute atomic E-state index is 0.232. The summed E-state index contributed by atoms with van der Waals surface area (Å²) in [7, 11) is 0. The molecule has 0 spiro atoms. The highest BCUT2D eigenvalue weighted by Crippen LogP contribution is 2.21. The Labute approximate surface area is 92.7 Å². The number of piperazine rings is 1. The highest BCUT2D eigenvalue weighted by Gasteiger charge is 2.23. The van der Waals surface area contributed by atoms with Crippen molar-refractivity contribution >= 4 is 5.91 Å². The fourth-order valence-corrected chi connectivity index (χ4v) is 1.75. The zero-order valence-corrected chi connectivity index (χ0v) is 8.74. The smallest absolute Gasteiger partial charge is 0.260 e. The lowest BCUT2D eigenvalue weighted by molar-refractivity contribution is 0.0728. The molecular formula is C11H13FN2O2. The van der Waals surface area contributed by atoms with E-state index in [1.807, 2.05) is 0 Å².